The summed E-state index contributed by atoms with van der Waals surface area (Å²) in [6.07, 6.45) is -0.0708. The molecule has 1 atom stereocenters. The van der Waals surface area contributed by atoms with Crippen LogP contribution in [0.2, 0.25) is 0 Å². The number of ether oxygens (including phenoxy) is 2. The van der Waals surface area contributed by atoms with Crippen molar-refractivity contribution in [3.63, 3.8) is 0 Å². The van der Waals surface area contributed by atoms with Crippen LogP contribution in [0, 0.1) is 0 Å². The molecule has 0 aromatic heterocycles. The number of carbonyl (C=O) groups excluding carboxylic acids is 1. The first-order chi connectivity index (χ1) is 20.7. The summed E-state index contributed by atoms with van der Waals surface area (Å²) in [5.74, 6) is 0.740. The molecule has 0 saturated carbocycles. The van der Waals surface area contributed by atoms with Gasteiger partial charge in [0.25, 0.3) is 0 Å². The number of halogens is 3. The Labute approximate surface area is 249 Å². The first-order valence-corrected chi connectivity index (χ1v) is 14.7. The van der Waals surface area contributed by atoms with Gasteiger partial charge in [0.2, 0.25) is 0 Å². The standard InChI is InChI=1S/C35H33F3N2O3/c1-3-5-19-40(20-6-4-2)26-16-17-29-32(22-26)42-31-18-15-25(39-24-13-11-23(12-14-24)35(36,37)38)21-30(31)34(29)28-10-8-7-9-27(28)33(41)43-34/h7-18,21-22,39H,3-6,19-20H2,1-2H3. The lowest BCUT2D eigenvalue weighted by atomic mass is 9.77. The van der Waals surface area contributed by atoms with Gasteiger partial charge in [-0.2, -0.15) is 13.2 Å². The maximum absolute atomic E-state index is 13.3. The van der Waals surface area contributed by atoms with Gasteiger partial charge in [-0.25, -0.2) is 4.79 Å². The van der Waals surface area contributed by atoms with Crippen molar-refractivity contribution in [1.29, 1.82) is 0 Å². The normalized spacial score (nSPS) is 16.6. The van der Waals surface area contributed by atoms with Crippen LogP contribution in [0.15, 0.2) is 84.9 Å². The molecule has 1 spiro atoms. The van der Waals surface area contributed by atoms with Crippen LogP contribution >= 0.6 is 0 Å². The maximum atomic E-state index is 13.3. The van der Waals surface area contributed by atoms with E-state index >= 15 is 0 Å². The van der Waals surface area contributed by atoms with E-state index in [9.17, 15) is 18.0 Å². The number of fused-ring (bicyclic) bond motifs is 6. The summed E-state index contributed by atoms with van der Waals surface area (Å²) in [6.45, 7) is 6.24. The van der Waals surface area contributed by atoms with Crippen LogP contribution in [0.1, 0.15) is 72.1 Å². The number of nitrogens with one attached hydrogen (secondary N) is 1. The Morgan fingerprint density at radius 1 is 0.767 bits per heavy atom. The fourth-order valence-corrected chi connectivity index (χ4v) is 5.91. The van der Waals surface area contributed by atoms with Crippen LogP contribution in [-0.2, 0) is 16.5 Å². The van der Waals surface area contributed by atoms with Gasteiger partial charge in [-0.3, -0.25) is 0 Å². The molecule has 0 amide bonds. The van der Waals surface area contributed by atoms with Crippen molar-refractivity contribution in [3.05, 3.63) is 113 Å². The molecule has 5 nitrogen and oxygen atoms in total. The van der Waals surface area contributed by atoms with Gasteiger partial charge in [-0.05, 0) is 73.5 Å². The third-order valence-electron chi connectivity index (χ3n) is 8.12. The molecule has 0 bridgehead atoms. The Morgan fingerprint density at radius 3 is 2.16 bits per heavy atom. The number of carbonyl (C=O) groups is 1. The van der Waals surface area contributed by atoms with Crippen LogP contribution in [0.5, 0.6) is 11.5 Å². The molecule has 0 fully saturated rings. The number of hydrogen-bond donors (Lipinski definition) is 1. The predicted octanol–water partition coefficient (Wildman–Crippen LogP) is 9.42. The Morgan fingerprint density at radius 2 is 1.47 bits per heavy atom. The highest BCUT2D eigenvalue weighted by molar-refractivity contribution is 5.97. The number of unbranched alkanes of at least 4 members (excludes halogenated alkanes) is 2. The van der Waals surface area contributed by atoms with Gasteiger partial charge in [0, 0.05) is 52.9 Å². The van der Waals surface area contributed by atoms with Crippen molar-refractivity contribution in [1.82, 2.24) is 0 Å². The monoisotopic (exact) mass is 586 g/mol. The number of anilines is 3. The summed E-state index contributed by atoms with van der Waals surface area (Å²) in [5, 5.41) is 3.19. The second-order valence-electron chi connectivity index (χ2n) is 11.0. The molecule has 0 saturated heterocycles. The largest absolute Gasteiger partial charge is 0.456 e. The molecule has 8 heteroatoms. The third kappa shape index (κ3) is 5.19. The smallest absolute Gasteiger partial charge is 0.416 e. The lowest BCUT2D eigenvalue weighted by Gasteiger charge is -2.37. The summed E-state index contributed by atoms with van der Waals surface area (Å²) in [6, 6.07) is 23.8. The van der Waals surface area contributed by atoms with Gasteiger partial charge in [0.05, 0.1) is 11.1 Å². The average Bonchev–Trinajstić information content (AvgIpc) is 3.30. The minimum Gasteiger partial charge on any atom is -0.456 e. The van der Waals surface area contributed by atoms with E-state index in [1.807, 2.05) is 36.4 Å². The first-order valence-electron chi connectivity index (χ1n) is 14.7. The van der Waals surface area contributed by atoms with E-state index in [1.54, 1.807) is 18.2 Å². The first kappa shape index (κ1) is 28.6. The molecular weight excluding hydrogens is 553 g/mol. The van der Waals surface area contributed by atoms with Crippen molar-refractivity contribution in [3.8, 4) is 11.5 Å². The summed E-state index contributed by atoms with van der Waals surface area (Å²) < 4.78 is 52.1. The van der Waals surface area contributed by atoms with Gasteiger partial charge in [-0.1, -0.05) is 44.9 Å². The van der Waals surface area contributed by atoms with Crippen molar-refractivity contribution < 1.29 is 27.4 Å². The second kappa shape index (κ2) is 11.3. The fourth-order valence-electron chi connectivity index (χ4n) is 5.91. The van der Waals surface area contributed by atoms with E-state index in [-0.39, 0.29) is 0 Å². The van der Waals surface area contributed by atoms with Crippen LogP contribution < -0.4 is 15.0 Å². The highest BCUT2D eigenvalue weighted by atomic mass is 19.4. The summed E-state index contributed by atoms with van der Waals surface area (Å²) in [5.41, 5.74) is 2.76. The molecule has 0 radical (unpaired) electrons. The molecule has 6 rings (SSSR count). The van der Waals surface area contributed by atoms with E-state index in [0.717, 1.165) is 67.7 Å². The molecule has 1 N–H and O–H groups in total. The Kier molecular flexibility index (Phi) is 7.54. The number of rotatable bonds is 9. The Hall–Kier alpha value is -4.46. The topological polar surface area (TPSA) is 50.8 Å². The van der Waals surface area contributed by atoms with Gasteiger partial charge in [0.1, 0.15) is 11.5 Å². The highest BCUT2D eigenvalue weighted by Crippen LogP contribution is 2.57. The van der Waals surface area contributed by atoms with E-state index in [4.69, 9.17) is 9.47 Å². The SMILES string of the molecule is CCCCN(CCCC)c1ccc2c(c1)Oc1ccc(Nc3ccc(C(F)(F)F)cc3)cc1C21OC(=O)c2ccccc21. The van der Waals surface area contributed by atoms with Gasteiger partial charge in [-0.15, -0.1) is 0 Å². The zero-order valence-corrected chi connectivity index (χ0v) is 24.1. The summed E-state index contributed by atoms with van der Waals surface area (Å²) >= 11 is 0. The van der Waals surface area contributed by atoms with Crippen molar-refractivity contribution in [2.75, 3.05) is 23.3 Å². The van der Waals surface area contributed by atoms with Gasteiger partial charge >= 0.3 is 12.1 Å². The highest BCUT2D eigenvalue weighted by Gasteiger charge is 2.53. The minimum atomic E-state index is -4.41. The average molecular weight is 587 g/mol. The number of esters is 1. The quantitative estimate of drug-likeness (QED) is 0.198. The molecule has 0 aliphatic carbocycles. The lowest BCUT2D eigenvalue weighted by Crippen LogP contribution is -2.33. The number of hydrogen-bond acceptors (Lipinski definition) is 5. The van der Waals surface area contributed by atoms with Crippen LogP contribution in [0.4, 0.5) is 30.2 Å². The summed E-state index contributed by atoms with van der Waals surface area (Å²) in [7, 11) is 0. The number of benzene rings is 4. The lowest BCUT2D eigenvalue weighted by molar-refractivity contribution is -0.137. The van der Waals surface area contributed by atoms with Gasteiger partial charge < -0.3 is 19.7 Å². The van der Waals surface area contributed by atoms with Crippen LogP contribution in [-0.4, -0.2) is 19.1 Å². The van der Waals surface area contributed by atoms with E-state index in [2.05, 4.69) is 30.1 Å². The molecular formula is C35H33F3N2O3. The van der Waals surface area contributed by atoms with Crippen LogP contribution in [0.25, 0.3) is 0 Å². The van der Waals surface area contributed by atoms with E-state index < -0.39 is 23.3 Å². The minimum absolute atomic E-state index is 0.424. The molecule has 2 aliphatic rings. The van der Waals surface area contributed by atoms with Crippen molar-refractivity contribution in [2.45, 2.75) is 51.3 Å². The van der Waals surface area contributed by atoms with E-state index in [0.29, 0.717) is 34.0 Å². The molecule has 4 aromatic rings. The van der Waals surface area contributed by atoms with Gasteiger partial charge in [0.15, 0.2) is 5.60 Å². The summed E-state index contributed by atoms with van der Waals surface area (Å²) in [4.78, 5) is 15.7. The van der Waals surface area contributed by atoms with Crippen molar-refractivity contribution >= 4 is 23.0 Å². The number of alkyl halides is 3. The zero-order chi connectivity index (χ0) is 30.2. The van der Waals surface area contributed by atoms with Crippen LogP contribution in [0.3, 0.4) is 0 Å². The molecule has 2 heterocycles. The third-order valence-corrected chi connectivity index (χ3v) is 8.12. The van der Waals surface area contributed by atoms with E-state index in [1.165, 1.54) is 12.1 Å². The predicted molar refractivity (Wildman–Crippen MR) is 161 cm³/mol. The molecule has 2 aliphatic heterocycles. The molecule has 222 valence electrons. The number of nitrogens with zero attached hydrogens (tertiary/aromatic N) is 1. The Bertz CT molecular complexity index is 1640. The fraction of sp³-hybridized carbons (Fsp3) is 0.286. The molecule has 1 unspecified atom stereocenters. The molecule has 43 heavy (non-hydrogen) atoms. The molecule has 4 aromatic carbocycles. The zero-order valence-electron chi connectivity index (χ0n) is 24.1. The second-order valence-corrected chi connectivity index (χ2v) is 11.0. The maximum Gasteiger partial charge on any atom is 0.416 e. The van der Waals surface area contributed by atoms with Crippen molar-refractivity contribution in [2.24, 2.45) is 0 Å². The Balaban J connectivity index is 1.44.